The first-order valence-electron chi connectivity index (χ1n) is 6.05. The summed E-state index contributed by atoms with van der Waals surface area (Å²) < 4.78 is 28.1. The Morgan fingerprint density at radius 3 is 2.48 bits per heavy atom. The number of anilines is 2. The largest absolute Gasteiger partial charge is 0.397 e. The van der Waals surface area contributed by atoms with Gasteiger partial charge in [-0.1, -0.05) is 17.7 Å². The number of halogens is 2. The maximum absolute atomic E-state index is 12.5. The van der Waals surface area contributed by atoms with Crippen LogP contribution in [-0.4, -0.2) is 8.42 Å². The highest BCUT2D eigenvalue weighted by molar-refractivity contribution is 9.10. The fourth-order valence-electron chi connectivity index (χ4n) is 1.84. The van der Waals surface area contributed by atoms with E-state index in [1.807, 2.05) is 13.0 Å². The number of rotatable bonds is 3. The second kappa shape index (κ2) is 5.87. The summed E-state index contributed by atoms with van der Waals surface area (Å²) in [5.41, 5.74) is 8.00. The van der Waals surface area contributed by atoms with Crippen molar-refractivity contribution in [2.45, 2.75) is 18.7 Å². The molecule has 0 aliphatic heterocycles. The lowest BCUT2D eigenvalue weighted by molar-refractivity contribution is 0.601. The third-order valence-corrected chi connectivity index (χ3v) is 5.49. The molecule has 0 amide bonds. The summed E-state index contributed by atoms with van der Waals surface area (Å²) in [6.07, 6.45) is 0. The van der Waals surface area contributed by atoms with E-state index >= 15 is 0 Å². The molecule has 2 aromatic rings. The number of nitrogen functional groups attached to an aromatic ring is 1. The van der Waals surface area contributed by atoms with Gasteiger partial charge in [0.25, 0.3) is 10.0 Å². The van der Waals surface area contributed by atoms with Crippen LogP contribution in [0.15, 0.2) is 39.7 Å². The highest BCUT2D eigenvalue weighted by atomic mass is 79.9. The van der Waals surface area contributed by atoms with Crippen LogP contribution in [0, 0.1) is 13.8 Å². The molecule has 0 saturated heterocycles. The lowest BCUT2D eigenvalue weighted by Crippen LogP contribution is -2.14. The molecule has 0 aliphatic rings. The zero-order valence-corrected chi connectivity index (χ0v) is 14.6. The molecule has 0 unspecified atom stereocenters. The van der Waals surface area contributed by atoms with E-state index in [0.29, 0.717) is 20.7 Å². The van der Waals surface area contributed by atoms with E-state index < -0.39 is 10.0 Å². The van der Waals surface area contributed by atoms with Gasteiger partial charge in [-0.15, -0.1) is 0 Å². The van der Waals surface area contributed by atoms with Crippen molar-refractivity contribution >= 4 is 48.9 Å². The van der Waals surface area contributed by atoms with Crippen LogP contribution in [0.3, 0.4) is 0 Å². The predicted molar refractivity (Wildman–Crippen MR) is 90.3 cm³/mol. The fraction of sp³-hybridized carbons (Fsp3) is 0.143. The van der Waals surface area contributed by atoms with Gasteiger partial charge in [-0.2, -0.15) is 0 Å². The normalized spacial score (nSPS) is 11.4. The molecule has 2 rings (SSSR count). The molecule has 0 aliphatic carbocycles. The van der Waals surface area contributed by atoms with Crippen molar-refractivity contribution in [3.8, 4) is 0 Å². The van der Waals surface area contributed by atoms with Crippen LogP contribution in [0.2, 0.25) is 5.02 Å². The Bertz CT molecular complexity index is 784. The van der Waals surface area contributed by atoms with Gasteiger partial charge in [-0.05, 0) is 65.2 Å². The fourth-order valence-corrected chi connectivity index (χ4v) is 3.62. The zero-order chi connectivity index (χ0) is 15.8. The van der Waals surface area contributed by atoms with Gasteiger partial charge in [0.2, 0.25) is 0 Å². The lowest BCUT2D eigenvalue weighted by Gasteiger charge is -2.12. The van der Waals surface area contributed by atoms with Crippen LogP contribution < -0.4 is 10.5 Å². The van der Waals surface area contributed by atoms with E-state index in [1.165, 1.54) is 12.1 Å². The van der Waals surface area contributed by atoms with Crippen LogP contribution >= 0.6 is 27.5 Å². The maximum Gasteiger partial charge on any atom is 0.262 e. The van der Waals surface area contributed by atoms with Crippen molar-refractivity contribution < 1.29 is 8.42 Å². The Morgan fingerprint density at radius 2 is 1.86 bits per heavy atom. The van der Waals surface area contributed by atoms with E-state index in [1.54, 1.807) is 19.1 Å². The molecule has 0 radical (unpaired) electrons. The average molecular weight is 390 g/mol. The minimum Gasteiger partial charge on any atom is -0.397 e. The molecule has 0 aromatic heterocycles. The van der Waals surface area contributed by atoms with Crippen LogP contribution in [0.25, 0.3) is 0 Å². The quantitative estimate of drug-likeness (QED) is 0.776. The molecule has 0 spiro atoms. The van der Waals surface area contributed by atoms with E-state index in [4.69, 9.17) is 17.3 Å². The summed E-state index contributed by atoms with van der Waals surface area (Å²) in [7, 11) is -3.73. The number of sulfonamides is 1. The average Bonchev–Trinajstić information content (AvgIpc) is 2.39. The van der Waals surface area contributed by atoms with Gasteiger partial charge in [0, 0.05) is 4.47 Å². The second-order valence-corrected chi connectivity index (χ2v) is 7.65. The van der Waals surface area contributed by atoms with Crippen molar-refractivity contribution in [1.82, 2.24) is 0 Å². The molecule has 4 nitrogen and oxygen atoms in total. The third kappa shape index (κ3) is 3.51. The van der Waals surface area contributed by atoms with Gasteiger partial charge < -0.3 is 5.73 Å². The van der Waals surface area contributed by atoms with E-state index in [9.17, 15) is 8.42 Å². The summed E-state index contributed by atoms with van der Waals surface area (Å²) in [6.45, 7) is 3.59. The molecule has 112 valence electrons. The summed E-state index contributed by atoms with van der Waals surface area (Å²) in [5.74, 6) is 0. The van der Waals surface area contributed by atoms with Crippen LogP contribution in [0.4, 0.5) is 11.4 Å². The topological polar surface area (TPSA) is 72.2 Å². The molecule has 3 N–H and O–H groups in total. The first kappa shape index (κ1) is 16.1. The number of aryl methyl sites for hydroxylation is 2. The number of hydrogen-bond acceptors (Lipinski definition) is 3. The Labute approximate surface area is 137 Å². The zero-order valence-electron chi connectivity index (χ0n) is 11.4. The number of nitrogens with two attached hydrogens (primary N) is 1. The molecule has 0 heterocycles. The highest BCUT2D eigenvalue weighted by Crippen LogP contribution is 2.30. The highest BCUT2D eigenvalue weighted by Gasteiger charge is 2.18. The third-order valence-electron chi connectivity index (χ3n) is 2.93. The molecule has 0 atom stereocenters. The van der Waals surface area contributed by atoms with Crippen molar-refractivity contribution in [3.63, 3.8) is 0 Å². The van der Waals surface area contributed by atoms with Gasteiger partial charge in [0.1, 0.15) is 0 Å². The number of nitrogens with one attached hydrogen (secondary N) is 1. The monoisotopic (exact) mass is 388 g/mol. The first-order valence-corrected chi connectivity index (χ1v) is 8.71. The summed E-state index contributed by atoms with van der Waals surface area (Å²) in [4.78, 5) is 0.0790. The Morgan fingerprint density at radius 1 is 1.19 bits per heavy atom. The van der Waals surface area contributed by atoms with E-state index in [-0.39, 0.29) is 10.6 Å². The minimum atomic E-state index is -3.73. The van der Waals surface area contributed by atoms with Crippen molar-refractivity contribution in [2.75, 3.05) is 10.5 Å². The summed E-state index contributed by atoms with van der Waals surface area (Å²) in [5, 5.41) is 0.366. The SMILES string of the molecule is Cc1ccc(Br)c(NS(=O)(=O)c2cc(C)c(Cl)c(N)c2)c1. The van der Waals surface area contributed by atoms with Crippen LogP contribution in [-0.2, 0) is 10.0 Å². The molecule has 0 bridgehead atoms. The molecule has 0 fully saturated rings. The Balaban J connectivity index is 2.46. The molecule has 2 aromatic carbocycles. The number of hydrogen-bond donors (Lipinski definition) is 2. The molecule has 0 saturated carbocycles. The Kier molecular flexibility index (Phi) is 4.51. The van der Waals surface area contributed by atoms with Crippen LogP contribution in [0.1, 0.15) is 11.1 Å². The number of benzene rings is 2. The lowest BCUT2D eigenvalue weighted by atomic mass is 10.2. The van der Waals surface area contributed by atoms with Crippen LogP contribution in [0.5, 0.6) is 0 Å². The maximum atomic E-state index is 12.5. The van der Waals surface area contributed by atoms with Gasteiger partial charge in [0.15, 0.2) is 0 Å². The van der Waals surface area contributed by atoms with Gasteiger partial charge in [-0.3, -0.25) is 4.72 Å². The summed E-state index contributed by atoms with van der Waals surface area (Å²) >= 11 is 9.28. The second-order valence-electron chi connectivity index (χ2n) is 4.73. The molecule has 21 heavy (non-hydrogen) atoms. The Hall–Kier alpha value is -1.24. The van der Waals surface area contributed by atoms with Crippen molar-refractivity contribution in [2.24, 2.45) is 0 Å². The van der Waals surface area contributed by atoms with Crippen molar-refractivity contribution in [3.05, 3.63) is 51.0 Å². The molecular formula is C14H14BrClN2O2S. The van der Waals surface area contributed by atoms with Gasteiger partial charge >= 0.3 is 0 Å². The minimum absolute atomic E-state index is 0.0790. The van der Waals surface area contributed by atoms with Gasteiger partial charge in [-0.25, -0.2) is 8.42 Å². The first-order chi connectivity index (χ1) is 9.70. The van der Waals surface area contributed by atoms with Gasteiger partial charge in [0.05, 0.1) is 21.3 Å². The van der Waals surface area contributed by atoms with Crippen molar-refractivity contribution in [1.29, 1.82) is 0 Å². The predicted octanol–water partition coefficient (Wildman–Crippen LogP) is 4.10. The molecular weight excluding hydrogens is 376 g/mol. The standard InChI is InChI=1S/C14H14BrClN2O2S/c1-8-3-4-11(15)13(5-8)18-21(19,20)10-6-9(2)14(16)12(17)7-10/h3-7,18H,17H2,1-2H3. The smallest absolute Gasteiger partial charge is 0.262 e. The molecule has 7 heteroatoms. The van der Waals surface area contributed by atoms with E-state index in [0.717, 1.165) is 5.56 Å². The summed E-state index contributed by atoms with van der Waals surface area (Å²) in [6, 6.07) is 8.25. The van der Waals surface area contributed by atoms with E-state index in [2.05, 4.69) is 20.7 Å².